The Hall–Kier alpha value is -3.12. The fraction of sp³-hybridized carbons (Fsp3) is 0.227. The van der Waals surface area contributed by atoms with E-state index in [1.165, 1.54) is 12.8 Å². The van der Waals surface area contributed by atoms with Crippen LogP contribution in [-0.4, -0.2) is 29.2 Å². The van der Waals surface area contributed by atoms with Crippen LogP contribution in [0.1, 0.15) is 18.4 Å². The Morgan fingerprint density at radius 3 is 2.52 bits per heavy atom. The van der Waals surface area contributed by atoms with Crippen LogP contribution in [0.3, 0.4) is 0 Å². The summed E-state index contributed by atoms with van der Waals surface area (Å²) in [5.74, 6) is 0.591. The number of carbonyl (C=O) groups is 1. The Kier molecular flexibility index (Phi) is 5.91. The fourth-order valence-corrected chi connectivity index (χ4v) is 3.57. The maximum atomic E-state index is 12.3. The maximum absolute atomic E-state index is 12.3. The van der Waals surface area contributed by atoms with Gasteiger partial charge in [-0.05, 0) is 48.7 Å². The normalized spacial score (nSPS) is 13.3. The minimum absolute atomic E-state index is 0.108. The van der Waals surface area contributed by atoms with Gasteiger partial charge in [0.05, 0.1) is 18.3 Å². The molecule has 7 heteroatoms. The van der Waals surface area contributed by atoms with Gasteiger partial charge in [0.2, 0.25) is 5.91 Å². The number of aromatic nitrogens is 2. The first-order valence-corrected chi connectivity index (χ1v) is 10.0. The van der Waals surface area contributed by atoms with E-state index in [4.69, 9.17) is 11.6 Å². The first kappa shape index (κ1) is 19.2. The van der Waals surface area contributed by atoms with Gasteiger partial charge in [-0.2, -0.15) is 5.10 Å². The Bertz CT molecular complexity index is 987. The first-order chi connectivity index (χ1) is 14.2. The van der Waals surface area contributed by atoms with E-state index in [-0.39, 0.29) is 12.3 Å². The molecule has 0 saturated carbocycles. The van der Waals surface area contributed by atoms with Crippen molar-refractivity contribution in [2.75, 3.05) is 28.6 Å². The average molecular weight is 408 g/mol. The summed E-state index contributed by atoms with van der Waals surface area (Å²) >= 11 is 6.12. The fourth-order valence-electron chi connectivity index (χ4n) is 3.37. The molecule has 6 nitrogen and oxygen atoms in total. The molecule has 2 N–H and O–H groups in total. The third-order valence-corrected chi connectivity index (χ3v) is 5.23. The van der Waals surface area contributed by atoms with Gasteiger partial charge >= 0.3 is 0 Å². The van der Waals surface area contributed by atoms with Crippen molar-refractivity contribution in [1.82, 2.24) is 10.2 Å². The zero-order valence-corrected chi connectivity index (χ0v) is 16.7. The molecule has 4 rings (SSSR count). The van der Waals surface area contributed by atoms with Gasteiger partial charge in [-0.3, -0.25) is 4.79 Å². The van der Waals surface area contributed by atoms with Crippen molar-refractivity contribution in [3.63, 3.8) is 0 Å². The Morgan fingerprint density at radius 2 is 1.76 bits per heavy atom. The highest BCUT2D eigenvalue weighted by atomic mass is 35.5. The van der Waals surface area contributed by atoms with Gasteiger partial charge in [0.25, 0.3) is 0 Å². The largest absolute Gasteiger partial charge is 0.370 e. The van der Waals surface area contributed by atoms with E-state index >= 15 is 0 Å². The lowest BCUT2D eigenvalue weighted by Gasteiger charge is -2.17. The van der Waals surface area contributed by atoms with Crippen LogP contribution in [0.5, 0.6) is 0 Å². The smallest absolute Gasteiger partial charge is 0.228 e. The summed E-state index contributed by atoms with van der Waals surface area (Å²) in [6.07, 6.45) is 4.47. The van der Waals surface area contributed by atoms with E-state index in [1.807, 2.05) is 48.5 Å². The minimum atomic E-state index is -0.108. The van der Waals surface area contributed by atoms with Crippen LogP contribution in [0.15, 0.2) is 60.8 Å². The molecule has 0 bridgehead atoms. The Balaban J connectivity index is 1.36. The predicted octanol–water partition coefficient (Wildman–Crippen LogP) is 4.66. The van der Waals surface area contributed by atoms with Crippen molar-refractivity contribution < 1.29 is 4.79 Å². The number of benzene rings is 2. The molecular formula is C22H22ClN5O. The predicted molar refractivity (Wildman–Crippen MR) is 117 cm³/mol. The molecule has 0 radical (unpaired) electrons. The summed E-state index contributed by atoms with van der Waals surface area (Å²) in [5, 5.41) is 15.0. The van der Waals surface area contributed by atoms with Crippen LogP contribution in [-0.2, 0) is 11.2 Å². The number of amides is 1. The maximum Gasteiger partial charge on any atom is 0.228 e. The summed E-state index contributed by atoms with van der Waals surface area (Å²) in [4.78, 5) is 14.6. The van der Waals surface area contributed by atoms with Gasteiger partial charge in [-0.1, -0.05) is 29.8 Å². The highest BCUT2D eigenvalue weighted by Gasteiger charge is 2.13. The second-order valence-corrected chi connectivity index (χ2v) is 7.42. The van der Waals surface area contributed by atoms with Gasteiger partial charge in [0.1, 0.15) is 0 Å². The van der Waals surface area contributed by atoms with Gasteiger partial charge in [-0.25, -0.2) is 0 Å². The second kappa shape index (κ2) is 8.92. The lowest BCUT2D eigenvalue weighted by atomic mass is 10.1. The molecule has 1 saturated heterocycles. The number of nitrogens with zero attached hydrogens (tertiary/aromatic N) is 3. The van der Waals surface area contributed by atoms with Crippen LogP contribution >= 0.6 is 11.6 Å². The molecule has 2 aromatic carbocycles. The van der Waals surface area contributed by atoms with Crippen molar-refractivity contribution in [1.29, 1.82) is 0 Å². The summed E-state index contributed by atoms with van der Waals surface area (Å²) in [6, 6.07) is 16.9. The zero-order valence-electron chi connectivity index (χ0n) is 15.9. The summed E-state index contributed by atoms with van der Waals surface area (Å²) < 4.78 is 0. The third kappa shape index (κ3) is 5.03. The number of hydrogen-bond acceptors (Lipinski definition) is 5. The summed E-state index contributed by atoms with van der Waals surface area (Å²) in [7, 11) is 0. The van der Waals surface area contributed by atoms with Crippen molar-refractivity contribution >= 4 is 40.4 Å². The van der Waals surface area contributed by atoms with Crippen LogP contribution in [0.25, 0.3) is 0 Å². The molecule has 148 valence electrons. The number of halogens is 1. The number of hydrogen-bond donors (Lipinski definition) is 2. The minimum Gasteiger partial charge on any atom is -0.370 e. The molecule has 29 heavy (non-hydrogen) atoms. The zero-order chi connectivity index (χ0) is 20.1. The van der Waals surface area contributed by atoms with Crippen LogP contribution in [0.2, 0.25) is 5.02 Å². The standard InChI is InChI=1S/C22H22ClN5O/c23-20-6-2-1-5-16(20)13-22(29)26-18-9-7-17(8-10-18)25-21-14-19(15-24-27-21)28-11-3-4-12-28/h1-2,5-10,14-15H,3-4,11-13H2,(H,25,27)(H,26,29). The molecule has 0 aliphatic carbocycles. The summed E-state index contributed by atoms with van der Waals surface area (Å²) in [5.41, 5.74) is 3.50. The Morgan fingerprint density at radius 1 is 1.03 bits per heavy atom. The number of carbonyl (C=O) groups excluding carboxylic acids is 1. The van der Waals surface area contributed by atoms with Gasteiger partial charge < -0.3 is 15.5 Å². The number of anilines is 4. The quantitative estimate of drug-likeness (QED) is 0.622. The van der Waals surface area contributed by atoms with E-state index in [2.05, 4.69) is 25.7 Å². The topological polar surface area (TPSA) is 70.2 Å². The van der Waals surface area contributed by atoms with Crippen molar-refractivity contribution in [3.05, 3.63) is 71.4 Å². The van der Waals surface area contributed by atoms with Crippen molar-refractivity contribution in [2.45, 2.75) is 19.3 Å². The molecule has 0 spiro atoms. The highest BCUT2D eigenvalue weighted by molar-refractivity contribution is 6.31. The monoisotopic (exact) mass is 407 g/mol. The molecule has 0 unspecified atom stereocenters. The molecular weight excluding hydrogens is 386 g/mol. The third-order valence-electron chi connectivity index (χ3n) is 4.86. The molecule has 3 aromatic rings. The summed E-state index contributed by atoms with van der Waals surface area (Å²) in [6.45, 7) is 2.13. The first-order valence-electron chi connectivity index (χ1n) is 9.65. The van der Waals surface area contributed by atoms with Gasteiger partial charge in [-0.15, -0.1) is 5.10 Å². The molecule has 1 fully saturated rings. The molecule has 1 aliphatic rings. The Labute approximate surface area is 174 Å². The van der Waals surface area contributed by atoms with Crippen molar-refractivity contribution in [3.8, 4) is 0 Å². The van der Waals surface area contributed by atoms with E-state index in [9.17, 15) is 4.79 Å². The molecule has 1 aliphatic heterocycles. The SMILES string of the molecule is O=C(Cc1ccccc1Cl)Nc1ccc(Nc2cc(N3CCCC3)cnn2)cc1. The van der Waals surface area contributed by atoms with Gasteiger partial charge in [0, 0.05) is 35.6 Å². The average Bonchev–Trinajstić information content (AvgIpc) is 3.26. The lowest BCUT2D eigenvalue weighted by molar-refractivity contribution is -0.115. The molecule has 2 heterocycles. The van der Waals surface area contributed by atoms with Crippen LogP contribution in [0.4, 0.5) is 22.9 Å². The molecule has 1 amide bonds. The van der Waals surface area contributed by atoms with Crippen LogP contribution in [0, 0.1) is 0 Å². The molecule has 1 aromatic heterocycles. The number of nitrogens with one attached hydrogen (secondary N) is 2. The van der Waals surface area contributed by atoms with E-state index in [0.29, 0.717) is 10.8 Å². The van der Waals surface area contributed by atoms with E-state index in [1.54, 1.807) is 12.3 Å². The van der Waals surface area contributed by atoms with Gasteiger partial charge in [0.15, 0.2) is 5.82 Å². The van der Waals surface area contributed by atoms with Crippen molar-refractivity contribution in [2.24, 2.45) is 0 Å². The highest BCUT2D eigenvalue weighted by Crippen LogP contribution is 2.23. The van der Waals surface area contributed by atoms with E-state index < -0.39 is 0 Å². The molecule has 0 atom stereocenters. The van der Waals surface area contributed by atoms with E-state index in [0.717, 1.165) is 35.7 Å². The number of rotatable bonds is 6. The second-order valence-electron chi connectivity index (χ2n) is 7.01. The van der Waals surface area contributed by atoms with Crippen LogP contribution < -0.4 is 15.5 Å². The lowest BCUT2D eigenvalue weighted by Crippen LogP contribution is -2.18.